The van der Waals surface area contributed by atoms with Crippen LogP contribution < -0.4 is 0 Å². The second kappa shape index (κ2) is 3.01. The number of rotatable bonds is 0. The molecule has 0 N–H and O–H groups in total. The Bertz CT molecular complexity index is 380. The molecule has 1 aliphatic rings. The molecule has 0 radical (unpaired) electrons. The molecule has 0 bridgehead atoms. The van der Waals surface area contributed by atoms with Gasteiger partial charge in [-0.05, 0) is 38.3 Å². The van der Waals surface area contributed by atoms with E-state index < -0.39 is 0 Å². The van der Waals surface area contributed by atoms with E-state index in [1.165, 1.54) is 16.9 Å². The van der Waals surface area contributed by atoms with Gasteiger partial charge in [-0.1, -0.05) is 25.5 Å². The fraction of sp³-hybridized carbons (Fsp3) is 0.538. The molecule has 1 nitrogen and oxygen atoms in total. The lowest BCUT2D eigenvalue weighted by Gasteiger charge is -2.22. The summed E-state index contributed by atoms with van der Waals surface area (Å²) < 4.78 is 5.82. The molecule has 0 saturated carbocycles. The molecule has 1 heteroatoms. The molecule has 2 rings (SSSR count). The molecule has 1 aromatic rings. The van der Waals surface area contributed by atoms with Crippen molar-refractivity contribution < 1.29 is 4.42 Å². The Hall–Kier alpha value is -0.980. The molecule has 0 spiro atoms. The van der Waals surface area contributed by atoms with Gasteiger partial charge in [0.1, 0.15) is 11.5 Å². The Morgan fingerprint density at radius 3 is 2.71 bits per heavy atom. The van der Waals surface area contributed by atoms with Gasteiger partial charge >= 0.3 is 0 Å². The highest BCUT2D eigenvalue weighted by atomic mass is 16.3. The summed E-state index contributed by atoms with van der Waals surface area (Å²) >= 11 is 0. The predicted molar refractivity (Wildman–Crippen MR) is 58.5 cm³/mol. The SMILES string of the molecule is CC1=CCc2cc(C)oc2C(C)(C)C1. The van der Waals surface area contributed by atoms with Crippen molar-refractivity contribution in [3.63, 3.8) is 0 Å². The average Bonchev–Trinajstić information content (AvgIpc) is 2.39. The molecule has 14 heavy (non-hydrogen) atoms. The lowest BCUT2D eigenvalue weighted by Crippen LogP contribution is -2.16. The Balaban J connectivity index is 2.52. The number of hydrogen-bond acceptors (Lipinski definition) is 1. The van der Waals surface area contributed by atoms with E-state index in [2.05, 4.69) is 32.9 Å². The van der Waals surface area contributed by atoms with E-state index in [-0.39, 0.29) is 5.41 Å². The summed E-state index contributed by atoms with van der Waals surface area (Å²) in [5, 5.41) is 0. The monoisotopic (exact) mass is 190 g/mol. The largest absolute Gasteiger partial charge is 0.465 e. The highest BCUT2D eigenvalue weighted by Gasteiger charge is 2.29. The molecule has 0 aliphatic heterocycles. The third-order valence-electron chi connectivity index (χ3n) is 2.94. The van der Waals surface area contributed by atoms with Crippen molar-refractivity contribution in [3.05, 3.63) is 34.8 Å². The number of hydrogen-bond donors (Lipinski definition) is 0. The van der Waals surface area contributed by atoms with Crippen molar-refractivity contribution in [2.24, 2.45) is 0 Å². The quantitative estimate of drug-likeness (QED) is 0.568. The average molecular weight is 190 g/mol. The smallest absolute Gasteiger partial charge is 0.113 e. The van der Waals surface area contributed by atoms with E-state index in [4.69, 9.17) is 4.42 Å². The van der Waals surface area contributed by atoms with E-state index >= 15 is 0 Å². The van der Waals surface area contributed by atoms with Gasteiger partial charge in [-0.25, -0.2) is 0 Å². The van der Waals surface area contributed by atoms with Crippen molar-refractivity contribution in [1.82, 2.24) is 0 Å². The van der Waals surface area contributed by atoms with E-state index in [1.807, 2.05) is 6.92 Å². The van der Waals surface area contributed by atoms with E-state index in [9.17, 15) is 0 Å². The summed E-state index contributed by atoms with van der Waals surface area (Å²) in [6.45, 7) is 8.76. The summed E-state index contributed by atoms with van der Waals surface area (Å²) in [6, 6.07) is 2.17. The van der Waals surface area contributed by atoms with E-state index in [1.54, 1.807) is 0 Å². The minimum absolute atomic E-state index is 0.153. The van der Waals surface area contributed by atoms with Gasteiger partial charge in [0, 0.05) is 5.41 Å². The van der Waals surface area contributed by atoms with Gasteiger partial charge in [0.15, 0.2) is 0 Å². The fourth-order valence-electron chi connectivity index (χ4n) is 2.43. The summed E-state index contributed by atoms with van der Waals surface area (Å²) in [6.07, 6.45) is 4.46. The molecule has 1 aromatic heterocycles. The molecular weight excluding hydrogens is 172 g/mol. The topological polar surface area (TPSA) is 13.1 Å². The first kappa shape index (κ1) is 9.57. The normalized spacial score (nSPS) is 19.9. The molecule has 0 atom stereocenters. The van der Waals surface area contributed by atoms with Crippen LogP contribution in [0.25, 0.3) is 0 Å². The summed E-state index contributed by atoms with van der Waals surface area (Å²) in [5.41, 5.74) is 2.99. The van der Waals surface area contributed by atoms with Crippen LogP contribution in [-0.2, 0) is 11.8 Å². The van der Waals surface area contributed by atoms with Crippen LogP contribution in [0.3, 0.4) is 0 Å². The van der Waals surface area contributed by atoms with Crippen LogP contribution in [0.15, 0.2) is 22.1 Å². The first-order valence-electron chi connectivity index (χ1n) is 5.24. The number of allylic oxidation sites excluding steroid dienone is 2. The van der Waals surface area contributed by atoms with Crippen LogP contribution in [0.4, 0.5) is 0 Å². The lowest BCUT2D eigenvalue weighted by molar-refractivity contribution is 0.370. The van der Waals surface area contributed by atoms with Gasteiger partial charge in [0.2, 0.25) is 0 Å². The standard InChI is InChI=1S/C13H18O/c1-9-5-6-11-7-10(2)14-12(11)13(3,4)8-9/h5,7H,6,8H2,1-4H3. The number of furan rings is 1. The predicted octanol–water partition coefficient (Wildman–Crippen LogP) is 3.76. The Labute approximate surface area is 85.8 Å². The van der Waals surface area contributed by atoms with Crippen molar-refractivity contribution in [3.8, 4) is 0 Å². The first-order chi connectivity index (χ1) is 6.49. The van der Waals surface area contributed by atoms with Crippen molar-refractivity contribution >= 4 is 0 Å². The third-order valence-corrected chi connectivity index (χ3v) is 2.94. The van der Waals surface area contributed by atoms with Crippen molar-refractivity contribution in [1.29, 1.82) is 0 Å². The van der Waals surface area contributed by atoms with Gasteiger partial charge in [-0.15, -0.1) is 0 Å². The van der Waals surface area contributed by atoms with Gasteiger partial charge < -0.3 is 4.42 Å². The Morgan fingerprint density at radius 2 is 2.00 bits per heavy atom. The minimum Gasteiger partial charge on any atom is -0.465 e. The van der Waals surface area contributed by atoms with Gasteiger partial charge in [-0.3, -0.25) is 0 Å². The number of aryl methyl sites for hydroxylation is 1. The molecule has 0 saturated heterocycles. The Morgan fingerprint density at radius 1 is 1.29 bits per heavy atom. The summed E-state index contributed by atoms with van der Waals surface area (Å²) in [4.78, 5) is 0. The molecule has 0 amide bonds. The maximum atomic E-state index is 5.82. The zero-order chi connectivity index (χ0) is 10.3. The fourth-order valence-corrected chi connectivity index (χ4v) is 2.43. The molecule has 76 valence electrons. The second-order valence-electron chi connectivity index (χ2n) is 5.03. The summed E-state index contributed by atoms with van der Waals surface area (Å²) in [5.74, 6) is 2.22. The molecular formula is C13H18O. The summed E-state index contributed by atoms with van der Waals surface area (Å²) in [7, 11) is 0. The third kappa shape index (κ3) is 1.52. The minimum atomic E-state index is 0.153. The molecule has 1 aliphatic carbocycles. The van der Waals surface area contributed by atoms with Gasteiger partial charge in [0.25, 0.3) is 0 Å². The molecule has 1 heterocycles. The van der Waals surface area contributed by atoms with Crippen LogP contribution in [0.2, 0.25) is 0 Å². The van der Waals surface area contributed by atoms with Crippen LogP contribution in [-0.4, -0.2) is 0 Å². The first-order valence-corrected chi connectivity index (χ1v) is 5.24. The van der Waals surface area contributed by atoms with E-state index in [0.29, 0.717) is 0 Å². The molecule has 0 aromatic carbocycles. The zero-order valence-corrected chi connectivity index (χ0v) is 9.48. The molecule has 0 unspecified atom stereocenters. The highest BCUT2D eigenvalue weighted by molar-refractivity contribution is 5.33. The maximum absolute atomic E-state index is 5.82. The maximum Gasteiger partial charge on any atom is 0.113 e. The van der Waals surface area contributed by atoms with Crippen molar-refractivity contribution in [2.75, 3.05) is 0 Å². The lowest BCUT2D eigenvalue weighted by atomic mass is 9.83. The van der Waals surface area contributed by atoms with Crippen LogP contribution in [0, 0.1) is 6.92 Å². The highest BCUT2D eigenvalue weighted by Crippen LogP contribution is 2.37. The zero-order valence-electron chi connectivity index (χ0n) is 9.48. The van der Waals surface area contributed by atoms with Crippen LogP contribution >= 0.6 is 0 Å². The van der Waals surface area contributed by atoms with Crippen LogP contribution in [0.1, 0.15) is 44.3 Å². The number of fused-ring (bicyclic) bond motifs is 1. The Kier molecular flexibility index (Phi) is 2.06. The van der Waals surface area contributed by atoms with Gasteiger partial charge in [0.05, 0.1) is 0 Å². The second-order valence-corrected chi connectivity index (χ2v) is 5.03. The van der Waals surface area contributed by atoms with Crippen molar-refractivity contribution in [2.45, 2.75) is 46.0 Å². The van der Waals surface area contributed by atoms with Crippen LogP contribution in [0.5, 0.6) is 0 Å². The van der Waals surface area contributed by atoms with Gasteiger partial charge in [-0.2, -0.15) is 0 Å². The van der Waals surface area contributed by atoms with E-state index in [0.717, 1.165) is 18.6 Å². The molecule has 0 fully saturated rings.